The summed E-state index contributed by atoms with van der Waals surface area (Å²) in [5.74, 6) is 0. The molecule has 0 aromatic carbocycles. The number of nitrogens with one attached hydrogen (secondary N) is 1. The first-order valence-corrected chi connectivity index (χ1v) is 3.38. The van der Waals surface area contributed by atoms with Crippen LogP contribution in [0.5, 0.6) is 0 Å². The van der Waals surface area contributed by atoms with Crippen molar-refractivity contribution in [3.05, 3.63) is 20.2 Å². The van der Waals surface area contributed by atoms with Gasteiger partial charge >= 0.3 is 0 Å². The van der Waals surface area contributed by atoms with Crippen LogP contribution in [0.1, 0.15) is 0 Å². The largest absolute Gasteiger partial charge is 0.313 e. The minimum atomic E-state index is -0.908. The zero-order valence-corrected chi connectivity index (χ0v) is 6.67. The third-order valence-electron chi connectivity index (χ3n) is 0.951. The average Bonchev–Trinajstić information content (AvgIpc) is 2.01. The zero-order valence-electron chi connectivity index (χ0n) is 6.67. The Morgan fingerprint density at radius 3 is 1.69 bits per heavy atom. The average molecular weight is 195 g/mol. The van der Waals surface area contributed by atoms with E-state index >= 15 is 0 Å². The van der Waals surface area contributed by atoms with Crippen LogP contribution in [0.25, 0.3) is 0 Å². The molecule has 0 spiro atoms. The van der Waals surface area contributed by atoms with Crippen LogP contribution in [-0.2, 0) is 9.68 Å². The summed E-state index contributed by atoms with van der Waals surface area (Å²) < 4.78 is 0. The van der Waals surface area contributed by atoms with Gasteiger partial charge in [-0.3, -0.25) is 0 Å². The monoisotopic (exact) mass is 195 g/mol. The van der Waals surface area contributed by atoms with Crippen LogP contribution in [0.15, 0.2) is 0 Å². The van der Waals surface area contributed by atoms with Crippen LogP contribution >= 0.6 is 0 Å². The lowest BCUT2D eigenvalue weighted by Gasteiger charge is -2.01. The van der Waals surface area contributed by atoms with Crippen molar-refractivity contribution in [3.63, 3.8) is 0 Å². The Hall–Kier alpha value is -1.64. The summed E-state index contributed by atoms with van der Waals surface area (Å²) in [5, 5.41) is 20.1. The van der Waals surface area contributed by atoms with Crippen LogP contribution in [0.2, 0.25) is 0 Å². The molecule has 0 aliphatic heterocycles. The van der Waals surface area contributed by atoms with E-state index in [9.17, 15) is 20.2 Å². The van der Waals surface area contributed by atoms with Gasteiger partial charge in [-0.05, 0) is 0 Å². The summed E-state index contributed by atoms with van der Waals surface area (Å²) in [6.07, 6.45) is 0. The smallest absolute Gasteiger partial charge is 0.294 e. The van der Waals surface area contributed by atoms with E-state index in [2.05, 4.69) is 15.0 Å². The first-order chi connectivity index (χ1) is 6.13. The molecule has 0 bridgehead atoms. The topological polar surface area (TPSA) is 117 Å². The van der Waals surface area contributed by atoms with Gasteiger partial charge in [-0.15, -0.1) is 20.2 Å². The second kappa shape index (κ2) is 7.03. The van der Waals surface area contributed by atoms with Crippen LogP contribution in [0.4, 0.5) is 0 Å². The van der Waals surface area contributed by atoms with E-state index in [1.807, 2.05) is 0 Å². The molecule has 0 atom stereocenters. The molecule has 76 valence electrons. The molecule has 0 aromatic rings. The van der Waals surface area contributed by atoms with Crippen molar-refractivity contribution in [1.29, 1.82) is 0 Å². The van der Waals surface area contributed by atoms with Crippen LogP contribution < -0.4 is 5.32 Å². The van der Waals surface area contributed by atoms with Crippen LogP contribution in [0.3, 0.4) is 0 Å². The van der Waals surface area contributed by atoms with E-state index in [-0.39, 0.29) is 26.3 Å². The van der Waals surface area contributed by atoms with Gasteiger partial charge in [-0.1, -0.05) is 0 Å². The van der Waals surface area contributed by atoms with Crippen molar-refractivity contribution >= 4 is 0 Å². The van der Waals surface area contributed by atoms with E-state index in [1.54, 1.807) is 0 Å². The number of hydrogen-bond donors (Lipinski definition) is 1. The number of hydrogen-bond acceptors (Lipinski definition) is 7. The third-order valence-corrected chi connectivity index (χ3v) is 0.951. The maximum atomic E-state index is 9.62. The van der Waals surface area contributed by atoms with E-state index < -0.39 is 10.2 Å². The molecule has 0 heterocycles. The molecule has 9 nitrogen and oxygen atoms in total. The highest BCUT2D eigenvalue weighted by Crippen LogP contribution is 1.74. The van der Waals surface area contributed by atoms with Crippen molar-refractivity contribution in [2.75, 3.05) is 26.3 Å². The molecule has 13 heavy (non-hydrogen) atoms. The first-order valence-electron chi connectivity index (χ1n) is 3.38. The Labute approximate surface area is 72.8 Å². The predicted octanol–water partition coefficient (Wildman–Crippen LogP) is -1.01. The normalized spacial score (nSPS) is 9.23. The van der Waals surface area contributed by atoms with E-state index in [1.165, 1.54) is 0 Å². The molecule has 0 amide bonds. The fourth-order valence-electron chi connectivity index (χ4n) is 0.510. The Balaban J connectivity index is 3.00. The van der Waals surface area contributed by atoms with Crippen molar-refractivity contribution in [3.8, 4) is 0 Å². The van der Waals surface area contributed by atoms with Crippen molar-refractivity contribution in [2.24, 2.45) is 0 Å². The fraction of sp³-hybridized carbons (Fsp3) is 1.00. The lowest BCUT2D eigenvalue weighted by atomic mass is 10.6. The van der Waals surface area contributed by atoms with Crippen molar-refractivity contribution in [1.82, 2.24) is 5.32 Å². The highest BCUT2D eigenvalue weighted by molar-refractivity contribution is 4.41. The summed E-state index contributed by atoms with van der Waals surface area (Å²) >= 11 is 0. The minimum absolute atomic E-state index is 0.0918. The molecule has 0 saturated carbocycles. The van der Waals surface area contributed by atoms with Crippen molar-refractivity contribution < 1.29 is 19.8 Å². The van der Waals surface area contributed by atoms with Crippen LogP contribution in [-0.4, -0.2) is 36.5 Å². The molecule has 0 aliphatic rings. The van der Waals surface area contributed by atoms with Gasteiger partial charge in [-0.25, -0.2) is 0 Å². The summed E-state index contributed by atoms with van der Waals surface area (Å²) in [5.41, 5.74) is 0. The molecule has 0 aliphatic carbocycles. The molecular weight excluding hydrogens is 186 g/mol. The third kappa shape index (κ3) is 10.4. The first kappa shape index (κ1) is 11.4. The molecule has 0 rings (SSSR count). The summed E-state index contributed by atoms with van der Waals surface area (Å²) in [6, 6.07) is 0. The molecule has 0 radical (unpaired) electrons. The standard InChI is InChI=1S/C4H9N3O6/c8-6(9)12-3-1-5-2-4-13-7(10)11/h5H,1-4H2. The maximum Gasteiger partial charge on any atom is 0.294 e. The maximum absolute atomic E-state index is 9.62. The van der Waals surface area contributed by atoms with Gasteiger partial charge in [-0.2, -0.15) is 0 Å². The molecule has 0 saturated heterocycles. The highest BCUT2D eigenvalue weighted by Gasteiger charge is 1.95. The quantitative estimate of drug-likeness (QED) is 0.299. The molecule has 9 heteroatoms. The molecule has 0 aromatic heterocycles. The summed E-state index contributed by atoms with van der Waals surface area (Å²) in [4.78, 5) is 27.1. The van der Waals surface area contributed by atoms with Gasteiger partial charge in [0.15, 0.2) is 0 Å². The second-order valence-corrected chi connectivity index (χ2v) is 1.86. The fourth-order valence-corrected chi connectivity index (χ4v) is 0.510. The Morgan fingerprint density at radius 2 is 1.38 bits per heavy atom. The Bertz CT molecular complexity index is 155. The van der Waals surface area contributed by atoms with Gasteiger partial charge in [0.2, 0.25) is 0 Å². The number of nitrogens with zero attached hydrogens (tertiary/aromatic N) is 2. The van der Waals surface area contributed by atoms with E-state index in [0.29, 0.717) is 0 Å². The molecular formula is C4H9N3O6. The Morgan fingerprint density at radius 1 is 1.00 bits per heavy atom. The summed E-state index contributed by atoms with van der Waals surface area (Å²) in [7, 11) is 0. The van der Waals surface area contributed by atoms with Gasteiger partial charge in [0, 0.05) is 13.1 Å². The molecule has 1 N–H and O–H groups in total. The number of rotatable bonds is 8. The van der Waals surface area contributed by atoms with E-state index in [0.717, 1.165) is 0 Å². The Kier molecular flexibility index (Phi) is 6.15. The zero-order chi connectivity index (χ0) is 10.1. The van der Waals surface area contributed by atoms with E-state index in [4.69, 9.17) is 0 Å². The van der Waals surface area contributed by atoms with Gasteiger partial charge in [0.25, 0.3) is 10.2 Å². The van der Waals surface area contributed by atoms with Gasteiger partial charge in [0.05, 0.1) is 0 Å². The minimum Gasteiger partial charge on any atom is -0.313 e. The van der Waals surface area contributed by atoms with Crippen molar-refractivity contribution in [2.45, 2.75) is 0 Å². The lowest BCUT2D eigenvalue weighted by molar-refractivity contribution is -0.758. The predicted molar refractivity (Wildman–Crippen MR) is 38.8 cm³/mol. The molecule has 0 unspecified atom stereocenters. The highest BCUT2D eigenvalue weighted by atomic mass is 17.0. The van der Waals surface area contributed by atoms with Gasteiger partial charge in [0.1, 0.15) is 13.2 Å². The molecule has 0 fully saturated rings. The summed E-state index contributed by atoms with van der Waals surface area (Å²) in [6.45, 7) is 0.293. The van der Waals surface area contributed by atoms with Gasteiger partial charge < -0.3 is 15.0 Å². The second-order valence-electron chi connectivity index (χ2n) is 1.86. The lowest BCUT2D eigenvalue weighted by Crippen LogP contribution is -2.25. The van der Waals surface area contributed by atoms with Crippen LogP contribution in [0, 0.1) is 20.2 Å². The SMILES string of the molecule is O=[N+]([O-])OCCNCCO[N+](=O)[O-].